The number of anilines is 1. The summed E-state index contributed by atoms with van der Waals surface area (Å²) in [5, 5.41) is 0.0535. The molecule has 1 nitrogen and oxygen atoms in total. The van der Waals surface area contributed by atoms with Gasteiger partial charge in [-0.3, -0.25) is 0 Å². The molecule has 0 heterocycles. The Labute approximate surface area is 115 Å². The van der Waals surface area contributed by atoms with Crippen LogP contribution in [0.1, 0.15) is 11.1 Å². The molecule has 2 N–H and O–H groups in total. The first-order valence-corrected chi connectivity index (χ1v) is 6.66. The second-order valence-corrected chi connectivity index (χ2v) is 5.67. The number of halogens is 2. The van der Waals surface area contributed by atoms with Crippen molar-refractivity contribution >= 4 is 29.1 Å². The molecule has 0 aliphatic carbocycles. The second-order valence-electron chi connectivity index (χ2n) is 4.18. The minimum Gasteiger partial charge on any atom is -0.398 e. The van der Waals surface area contributed by atoms with Crippen LogP contribution in [0.4, 0.5) is 10.1 Å². The number of nitrogen functional groups attached to an aromatic ring is 1. The molecule has 0 bridgehead atoms. The van der Waals surface area contributed by atoms with E-state index in [9.17, 15) is 4.39 Å². The normalized spacial score (nSPS) is 10.7. The van der Waals surface area contributed by atoms with E-state index in [1.54, 1.807) is 0 Å². The van der Waals surface area contributed by atoms with Crippen molar-refractivity contribution in [1.82, 2.24) is 0 Å². The van der Waals surface area contributed by atoms with Crippen LogP contribution < -0.4 is 5.73 Å². The van der Waals surface area contributed by atoms with Gasteiger partial charge in [-0.1, -0.05) is 35.5 Å². The average Bonchev–Trinajstić information content (AvgIpc) is 2.30. The molecule has 0 unspecified atom stereocenters. The Bertz CT molecular complexity index is 599. The summed E-state index contributed by atoms with van der Waals surface area (Å²) in [6.45, 7) is 4.04. The Hall–Kier alpha value is -1.19. The number of hydrogen-bond acceptors (Lipinski definition) is 2. The molecule has 4 heteroatoms. The van der Waals surface area contributed by atoms with Gasteiger partial charge in [0.15, 0.2) is 0 Å². The van der Waals surface area contributed by atoms with E-state index in [0.717, 1.165) is 16.0 Å². The van der Waals surface area contributed by atoms with Crippen molar-refractivity contribution in [2.45, 2.75) is 23.6 Å². The van der Waals surface area contributed by atoms with E-state index in [1.165, 1.54) is 23.9 Å². The molecular weight excluding hydrogens is 269 g/mol. The van der Waals surface area contributed by atoms with Crippen LogP contribution in [0.15, 0.2) is 40.1 Å². The van der Waals surface area contributed by atoms with E-state index in [0.29, 0.717) is 10.6 Å². The van der Waals surface area contributed by atoms with Crippen LogP contribution in [0.5, 0.6) is 0 Å². The first kappa shape index (κ1) is 13.2. The van der Waals surface area contributed by atoms with E-state index in [-0.39, 0.29) is 5.02 Å². The molecule has 0 aliphatic rings. The van der Waals surface area contributed by atoms with Gasteiger partial charge in [-0.15, -0.1) is 0 Å². The smallest absolute Gasteiger partial charge is 0.143 e. The maximum Gasteiger partial charge on any atom is 0.143 e. The van der Waals surface area contributed by atoms with Crippen LogP contribution >= 0.6 is 23.4 Å². The standard InChI is InChI=1S/C14H13ClFNS/c1-8-3-4-9(2)13(5-8)18-14-7-11(16)10(15)6-12(14)17/h3-7H,17H2,1-2H3. The molecule has 0 aliphatic heterocycles. The highest BCUT2D eigenvalue weighted by atomic mass is 35.5. The lowest BCUT2D eigenvalue weighted by Crippen LogP contribution is -1.91. The van der Waals surface area contributed by atoms with Crippen LogP contribution in [0, 0.1) is 19.7 Å². The number of rotatable bonds is 2. The molecule has 0 amide bonds. The summed E-state index contributed by atoms with van der Waals surface area (Å²) in [5.41, 5.74) is 8.65. The quantitative estimate of drug-likeness (QED) is 0.798. The van der Waals surface area contributed by atoms with Gasteiger partial charge in [-0.05, 0) is 43.2 Å². The molecule has 18 heavy (non-hydrogen) atoms. The summed E-state index contributed by atoms with van der Waals surface area (Å²) < 4.78 is 13.4. The van der Waals surface area contributed by atoms with Crippen LogP contribution in [0.2, 0.25) is 5.02 Å². The Balaban J connectivity index is 2.40. The molecule has 2 rings (SSSR count). The van der Waals surface area contributed by atoms with Gasteiger partial charge in [0, 0.05) is 15.5 Å². The Morgan fingerprint density at radius 3 is 2.56 bits per heavy atom. The number of hydrogen-bond donors (Lipinski definition) is 1. The van der Waals surface area contributed by atoms with Gasteiger partial charge in [-0.25, -0.2) is 4.39 Å². The molecular formula is C14H13ClFNS. The maximum atomic E-state index is 13.4. The Morgan fingerprint density at radius 2 is 1.83 bits per heavy atom. The molecule has 2 aromatic carbocycles. The third-order valence-corrected chi connectivity index (χ3v) is 4.14. The lowest BCUT2D eigenvalue weighted by molar-refractivity contribution is 0.625. The van der Waals surface area contributed by atoms with E-state index < -0.39 is 5.82 Å². The maximum absolute atomic E-state index is 13.4. The molecule has 2 aromatic rings. The summed E-state index contributed by atoms with van der Waals surface area (Å²) in [7, 11) is 0. The number of aryl methyl sites for hydroxylation is 2. The summed E-state index contributed by atoms with van der Waals surface area (Å²) in [6.07, 6.45) is 0. The zero-order valence-corrected chi connectivity index (χ0v) is 11.7. The van der Waals surface area contributed by atoms with Crippen molar-refractivity contribution < 1.29 is 4.39 Å². The third kappa shape index (κ3) is 2.79. The SMILES string of the molecule is Cc1ccc(C)c(Sc2cc(F)c(Cl)cc2N)c1. The fraction of sp³-hybridized carbons (Fsp3) is 0.143. The lowest BCUT2D eigenvalue weighted by Gasteiger charge is -2.09. The molecule has 0 saturated carbocycles. The lowest BCUT2D eigenvalue weighted by atomic mass is 10.2. The van der Waals surface area contributed by atoms with Crippen LogP contribution in [-0.4, -0.2) is 0 Å². The van der Waals surface area contributed by atoms with E-state index in [4.69, 9.17) is 17.3 Å². The van der Waals surface area contributed by atoms with Gasteiger partial charge >= 0.3 is 0 Å². The highest BCUT2D eigenvalue weighted by Crippen LogP contribution is 2.36. The largest absolute Gasteiger partial charge is 0.398 e. The summed E-state index contributed by atoms with van der Waals surface area (Å²) in [4.78, 5) is 1.76. The fourth-order valence-corrected chi connectivity index (χ4v) is 2.79. The monoisotopic (exact) mass is 281 g/mol. The van der Waals surface area contributed by atoms with Gasteiger partial charge in [-0.2, -0.15) is 0 Å². The fourth-order valence-electron chi connectivity index (χ4n) is 1.57. The van der Waals surface area contributed by atoms with Gasteiger partial charge in [0.1, 0.15) is 5.82 Å². The van der Waals surface area contributed by atoms with E-state index in [1.807, 2.05) is 26.0 Å². The molecule has 0 radical (unpaired) electrons. The van der Waals surface area contributed by atoms with Crippen LogP contribution in [0.25, 0.3) is 0 Å². The van der Waals surface area contributed by atoms with E-state index >= 15 is 0 Å². The van der Waals surface area contributed by atoms with Gasteiger partial charge < -0.3 is 5.73 Å². The summed E-state index contributed by atoms with van der Waals surface area (Å²) in [6, 6.07) is 8.98. The van der Waals surface area contributed by atoms with Gasteiger partial charge in [0.05, 0.1) is 5.02 Å². The molecule has 94 valence electrons. The Kier molecular flexibility index (Phi) is 3.83. The van der Waals surface area contributed by atoms with Crippen molar-refractivity contribution in [3.05, 3.63) is 52.3 Å². The van der Waals surface area contributed by atoms with Crippen LogP contribution in [0.3, 0.4) is 0 Å². The van der Waals surface area contributed by atoms with Crippen molar-refractivity contribution in [2.75, 3.05) is 5.73 Å². The third-order valence-electron chi connectivity index (χ3n) is 2.62. The second kappa shape index (κ2) is 5.21. The predicted molar refractivity (Wildman–Crippen MR) is 75.9 cm³/mol. The predicted octanol–water partition coefficient (Wildman–Crippen LogP) is 4.83. The molecule has 0 aromatic heterocycles. The van der Waals surface area contributed by atoms with E-state index in [2.05, 4.69) is 6.07 Å². The minimum absolute atomic E-state index is 0.0535. The Morgan fingerprint density at radius 1 is 1.11 bits per heavy atom. The molecule has 0 saturated heterocycles. The highest BCUT2D eigenvalue weighted by Gasteiger charge is 2.09. The minimum atomic E-state index is -0.446. The first-order valence-electron chi connectivity index (χ1n) is 5.47. The van der Waals surface area contributed by atoms with Crippen molar-refractivity contribution in [3.8, 4) is 0 Å². The van der Waals surface area contributed by atoms with Gasteiger partial charge in [0.2, 0.25) is 0 Å². The molecule has 0 atom stereocenters. The van der Waals surface area contributed by atoms with Crippen molar-refractivity contribution in [3.63, 3.8) is 0 Å². The molecule has 0 spiro atoms. The van der Waals surface area contributed by atoms with Gasteiger partial charge in [0.25, 0.3) is 0 Å². The van der Waals surface area contributed by atoms with Crippen LogP contribution in [-0.2, 0) is 0 Å². The first-order chi connectivity index (χ1) is 8.47. The topological polar surface area (TPSA) is 26.0 Å². The summed E-state index contributed by atoms with van der Waals surface area (Å²) >= 11 is 7.14. The molecule has 0 fully saturated rings. The zero-order chi connectivity index (χ0) is 13.3. The highest BCUT2D eigenvalue weighted by molar-refractivity contribution is 7.99. The number of benzene rings is 2. The van der Waals surface area contributed by atoms with Crippen molar-refractivity contribution in [2.24, 2.45) is 0 Å². The average molecular weight is 282 g/mol. The van der Waals surface area contributed by atoms with Crippen molar-refractivity contribution in [1.29, 1.82) is 0 Å². The number of nitrogens with two attached hydrogens (primary N) is 1. The zero-order valence-electron chi connectivity index (χ0n) is 10.1. The summed E-state index contributed by atoms with van der Waals surface area (Å²) in [5.74, 6) is -0.446.